The molecule has 1 atom stereocenters. The Kier molecular flexibility index (Phi) is 7.48. The fourth-order valence-electron chi connectivity index (χ4n) is 1.62. The maximum atomic E-state index is 10.4. The highest BCUT2D eigenvalue weighted by Crippen LogP contribution is 2.05. The molecule has 0 saturated heterocycles. The molecule has 0 amide bonds. The smallest absolute Gasteiger partial charge is 0.303 e. The highest BCUT2D eigenvalue weighted by molar-refractivity contribution is 5.66. The number of carbonyl (C=O) groups is 1. The zero-order chi connectivity index (χ0) is 11.0. The molecule has 0 aliphatic heterocycles. The van der Waals surface area contributed by atoms with Crippen LogP contribution in [-0.2, 0) is 4.79 Å². The molecule has 0 heterocycles. The Hall–Kier alpha value is -0.570. The molecule has 0 aromatic carbocycles. The number of rotatable bonds is 8. The van der Waals surface area contributed by atoms with Crippen molar-refractivity contribution in [3.05, 3.63) is 0 Å². The minimum atomic E-state index is -0.695. The second kappa shape index (κ2) is 7.80. The summed E-state index contributed by atoms with van der Waals surface area (Å²) in [6, 6.07) is 0. The van der Waals surface area contributed by atoms with Crippen LogP contribution in [0.25, 0.3) is 0 Å². The third-order valence-electron chi connectivity index (χ3n) is 2.29. The Morgan fingerprint density at radius 3 is 2.57 bits per heavy atom. The van der Waals surface area contributed by atoms with E-state index in [-0.39, 0.29) is 12.3 Å². The van der Waals surface area contributed by atoms with Crippen molar-refractivity contribution in [1.29, 1.82) is 0 Å². The molecule has 0 fully saturated rings. The summed E-state index contributed by atoms with van der Waals surface area (Å²) < 4.78 is 0. The Morgan fingerprint density at radius 2 is 2.07 bits per heavy atom. The van der Waals surface area contributed by atoms with Crippen LogP contribution in [-0.4, -0.2) is 36.1 Å². The summed E-state index contributed by atoms with van der Waals surface area (Å²) in [4.78, 5) is 12.7. The maximum absolute atomic E-state index is 10.4. The summed E-state index contributed by atoms with van der Waals surface area (Å²) in [5, 5.41) is 8.59. The molecule has 0 aromatic rings. The lowest BCUT2D eigenvalue weighted by Crippen LogP contribution is -2.26. The molecule has 0 radical (unpaired) electrons. The van der Waals surface area contributed by atoms with E-state index in [0.717, 1.165) is 13.1 Å². The highest BCUT2D eigenvalue weighted by atomic mass is 16.4. The van der Waals surface area contributed by atoms with Crippen molar-refractivity contribution in [3.8, 4) is 0 Å². The number of hydrogen-bond acceptors (Lipinski definition) is 2. The Labute approximate surface area is 87.1 Å². The predicted octanol–water partition coefficient (Wildman–Crippen LogP) is 2.22. The monoisotopic (exact) mass is 201 g/mol. The van der Waals surface area contributed by atoms with Gasteiger partial charge in [-0.1, -0.05) is 26.7 Å². The van der Waals surface area contributed by atoms with Crippen molar-refractivity contribution in [2.75, 3.05) is 20.1 Å². The average Bonchev–Trinajstić information content (AvgIpc) is 2.02. The number of hydrogen-bond donors (Lipinski definition) is 1. The summed E-state index contributed by atoms with van der Waals surface area (Å²) in [6.07, 6.45) is 3.99. The number of unbranched alkanes of at least 4 members (excludes halogenated alkanes) is 2. The van der Waals surface area contributed by atoms with E-state index < -0.39 is 5.97 Å². The van der Waals surface area contributed by atoms with Crippen molar-refractivity contribution in [1.82, 2.24) is 4.90 Å². The summed E-state index contributed by atoms with van der Waals surface area (Å²) >= 11 is 0. The summed E-state index contributed by atoms with van der Waals surface area (Å²) in [5.41, 5.74) is 0. The molecule has 0 rings (SSSR count). The van der Waals surface area contributed by atoms with E-state index in [1.807, 2.05) is 6.92 Å². The normalized spacial score (nSPS) is 13.1. The molecule has 3 nitrogen and oxygen atoms in total. The first kappa shape index (κ1) is 13.4. The summed E-state index contributed by atoms with van der Waals surface area (Å²) in [7, 11) is 2.06. The van der Waals surface area contributed by atoms with Gasteiger partial charge in [-0.05, 0) is 25.9 Å². The Balaban J connectivity index is 3.49. The van der Waals surface area contributed by atoms with Gasteiger partial charge in [0.25, 0.3) is 0 Å². The van der Waals surface area contributed by atoms with Gasteiger partial charge in [0.2, 0.25) is 0 Å². The molecule has 1 unspecified atom stereocenters. The topological polar surface area (TPSA) is 40.5 Å². The molecule has 0 saturated carbocycles. The molecular weight excluding hydrogens is 178 g/mol. The van der Waals surface area contributed by atoms with Gasteiger partial charge in [-0.3, -0.25) is 4.79 Å². The number of carboxylic acid groups (broad SMARTS) is 1. The Bertz CT molecular complexity index is 159. The van der Waals surface area contributed by atoms with E-state index in [9.17, 15) is 4.79 Å². The third kappa shape index (κ3) is 8.05. The van der Waals surface area contributed by atoms with Crippen LogP contribution >= 0.6 is 0 Å². The van der Waals surface area contributed by atoms with Gasteiger partial charge in [0.15, 0.2) is 0 Å². The molecular formula is C11H23NO2. The quantitative estimate of drug-likeness (QED) is 0.612. The fraction of sp³-hybridized carbons (Fsp3) is 0.909. The molecule has 0 aliphatic rings. The van der Waals surface area contributed by atoms with Crippen LogP contribution in [0.2, 0.25) is 0 Å². The summed E-state index contributed by atoms with van der Waals surface area (Å²) in [5.74, 6) is -0.446. The van der Waals surface area contributed by atoms with E-state index in [1.165, 1.54) is 19.3 Å². The van der Waals surface area contributed by atoms with Crippen LogP contribution in [0, 0.1) is 5.92 Å². The Morgan fingerprint density at radius 1 is 1.43 bits per heavy atom. The molecule has 14 heavy (non-hydrogen) atoms. The summed E-state index contributed by atoms with van der Waals surface area (Å²) in [6.45, 7) is 6.14. The lowest BCUT2D eigenvalue weighted by atomic mass is 10.1. The zero-order valence-corrected chi connectivity index (χ0v) is 9.62. The van der Waals surface area contributed by atoms with Gasteiger partial charge in [-0.15, -0.1) is 0 Å². The number of nitrogens with zero attached hydrogens (tertiary/aromatic N) is 1. The van der Waals surface area contributed by atoms with E-state index in [2.05, 4.69) is 18.9 Å². The molecule has 1 N–H and O–H groups in total. The van der Waals surface area contributed by atoms with Crippen molar-refractivity contribution in [2.45, 2.75) is 39.5 Å². The van der Waals surface area contributed by atoms with Gasteiger partial charge in [0.05, 0.1) is 0 Å². The third-order valence-corrected chi connectivity index (χ3v) is 2.29. The van der Waals surface area contributed by atoms with E-state index in [0.29, 0.717) is 0 Å². The van der Waals surface area contributed by atoms with Crippen LogP contribution in [0.3, 0.4) is 0 Å². The SMILES string of the molecule is CCCCCN(C)CC(C)CC(=O)O. The van der Waals surface area contributed by atoms with Crippen LogP contribution < -0.4 is 0 Å². The molecule has 3 heteroatoms. The first-order valence-electron chi connectivity index (χ1n) is 5.46. The molecule has 0 bridgehead atoms. The minimum absolute atomic E-state index is 0.249. The zero-order valence-electron chi connectivity index (χ0n) is 9.62. The molecule has 0 aliphatic carbocycles. The average molecular weight is 201 g/mol. The minimum Gasteiger partial charge on any atom is -0.481 e. The van der Waals surface area contributed by atoms with Crippen LogP contribution in [0.15, 0.2) is 0 Å². The van der Waals surface area contributed by atoms with Crippen molar-refractivity contribution < 1.29 is 9.90 Å². The lowest BCUT2D eigenvalue weighted by molar-refractivity contribution is -0.138. The van der Waals surface area contributed by atoms with Crippen molar-refractivity contribution in [3.63, 3.8) is 0 Å². The lowest BCUT2D eigenvalue weighted by Gasteiger charge is -2.19. The van der Waals surface area contributed by atoms with Gasteiger partial charge < -0.3 is 10.0 Å². The van der Waals surface area contributed by atoms with Crippen LogP contribution in [0.1, 0.15) is 39.5 Å². The molecule has 0 spiro atoms. The van der Waals surface area contributed by atoms with E-state index in [1.54, 1.807) is 0 Å². The van der Waals surface area contributed by atoms with E-state index >= 15 is 0 Å². The maximum Gasteiger partial charge on any atom is 0.303 e. The van der Waals surface area contributed by atoms with Crippen molar-refractivity contribution >= 4 is 5.97 Å². The predicted molar refractivity (Wildman–Crippen MR) is 58.4 cm³/mol. The largest absolute Gasteiger partial charge is 0.481 e. The second-order valence-corrected chi connectivity index (χ2v) is 4.17. The first-order valence-corrected chi connectivity index (χ1v) is 5.46. The molecule has 84 valence electrons. The first-order chi connectivity index (χ1) is 6.56. The number of carboxylic acids is 1. The highest BCUT2D eigenvalue weighted by Gasteiger charge is 2.09. The van der Waals surface area contributed by atoms with Gasteiger partial charge >= 0.3 is 5.97 Å². The van der Waals surface area contributed by atoms with Gasteiger partial charge in [-0.25, -0.2) is 0 Å². The standard InChI is InChI=1S/C11H23NO2/c1-4-5-6-7-12(3)9-10(2)8-11(13)14/h10H,4-9H2,1-3H3,(H,13,14). The van der Waals surface area contributed by atoms with Gasteiger partial charge in [0.1, 0.15) is 0 Å². The van der Waals surface area contributed by atoms with Crippen LogP contribution in [0.5, 0.6) is 0 Å². The second-order valence-electron chi connectivity index (χ2n) is 4.17. The van der Waals surface area contributed by atoms with Gasteiger partial charge in [0, 0.05) is 13.0 Å². The molecule has 0 aromatic heterocycles. The number of aliphatic carboxylic acids is 1. The van der Waals surface area contributed by atoms with Crippen LogP contribution in [0.4, 0.5) is 0 Å². The van der Waals surface area contributed by atoms with Crippen molar-refractivity contribution in [2.24, 2.45) is 5.92 Å². The van der Waals surface area contributed by atoms with Gasteiger partial charge in [-0.2, -0.15) is 0 Å². The fourth-order valence-corrected chi connectivity index (χ4v) is 1.62. The van der Waals surface area contributed by atoms with E-state index in [4.69, 9.17) is 5.11 Å².